The van der Waals surface area contributed by atoms with Crippen LogP contribution in [0.2, 0.25) is 0 Å². The van der Waals surface area contributed by atoms with Gasteiger partial charge in [0.1, 0.15) is 0 Å². The highest BCUT2D eigenvalue weighted by molar-refractivity contribution is 6.05. The van der Waals surface area contributed by atoms with Gasteiger partial charge in [-0.2, -0.15) is 5.10 Å². The molecule has 1 aliphatic heterocycles. The fourth-order valence-electron chi connectivity index (χ4n) is 2.00. The Labute approximate surface area is 92.5 Å². The second-order valence-electron chi connectivity index (χ2n) is 4.65. The van der Waals surface area contributed by atoms with Crippen LogP contribution >= 0.6 is 0 Å². The molecular formula is C12H22N2O. The molecular weight excluding hydrogens is 188 g/mol. The average Bonchev–Trinajstić information content (AvgIpc) is 2.48. The fraction of sp³-hybridized carbons (Fsp3) is 0.833. The maximum atomic E-state index is 11.7. The summed E-state index contributed by atoms with van der Waals surface area (Å²) in [5, 5.41) is 6.16. The van der Waals surface area contributed by atoms with E-state index in [4.69, 9.17) is 0 Å². The molecule has 3 nitrogen and oxygen atoms in total. The van der Waals surface area contributed by atoms with Crippen molar-refractivity contribution in [1.29, 1.82) is 0 Å². The summed E-state index contributed by atoms with van der Waals surface area (Å²) in [4.78, 5) is 11.7. The van der Waals surface area contributed by atoms with E-state index in [9.17, 15) is 4.79 Å². The first-order valence-electron chi connectivity index (χ1n) is 5.96. The standard InChI is InChI=1S/C12H22N2O/c1-5-11(6-2)14-12(15)8-10(13-14)7-9(3)4/h9,11H,5-8H2,1-4H3. The lowest BCUT2D eigenvalue weighted by molar-refractivity contribution is -0.131. The molecule has 1 heterocycles. The molecule has 0 aromatic carbocycles. The molecule has 0 spiro atoms. The number of hydrazone groups is 1. The summed E-state index contributed by atoms with van der Waals surface area (Å²) >= 11 is 0. The third-order valence-electron chi connectivity index (χ3n) is 2.79. The molecule has 0 saturated carbocycles. The Balaban J connectivity index is 2.66. The molecule has 0 unspecified atom stereocenters. The number of carbonyl (C=O) groups excluding carboxylic acids is 1. The van der Waals surface area contributed by atoms with Crippen molar-refractivity contribution in [2.24, 2.45) is 11.0 Å². The highest BCUT2D eigenvalue weighted by Gasteiger charge is 2.28. The van der Waals surface area contributed by atoms with Crippen LogP contribution in [0.25, 0.3) is 0 Å². The lowest BCUT2D eigenvalue weighted by atomic mass is 10.0. The van der Waals surface area contributed by atoms with Gasteiger partial charge in [0.2, 0.25) is 5.91 Å². The summed E-state index contributed by atoms with van der Waals surface area (Å²) in [6.07, 6.45) is 3.46. The molecule has 0 saturated heterocycles. The Morgan fingerprint density at radius 1 is 1.33 bits per heavy atom. The van der Waals surface area contributed by atoms with Gasteiger partial charge in [0, 0.05) is 5.71 Å². The minimum Gasteiger partial charge on any atom is -0.273 e. The van der Waals surface area contributed by atoms with Gasteiger partial charge in [-0.15, -0.1) is 0 Å². The van der Waals surface area contributed by atoms with E-state index in [0.717, 1.165) is 25.0 Å². The molecule has 0 aromatic heterocycles. The van der Waals surface area contributed by atoms with Crippen LogP contribution in [-0.4, -0.2) is 22.7 Å². The summed E-state index contributed by atoms with van der Waals surface area (Å²) in [6, 6.07) is 0.294. The number of amides is 1. The summed E-state index contributed by atoms with van der Waals surface area (Å²) in [6.45, 7) is 8.54. The zero-order valence-corrected chi connectivity index (χ0v) is 10.3. The second kappa shape index (κ2) is 5.29. The predicted molar refractivity (Wildman–Crippen MR) is 62.7 cm³/mol. The fourth-order valence-corrected chi connectivity index (χ4v) is 2.00. The zero-order chi connectivity index (χ0) is 11.4. The van der Waals surface area contributed by atoms with Gasteiger partial charge in [-0.25, -0.2) is 5.01 Å². The van der Waals surface area contributed by atoms with Gasteiger partial charge >= 0.3 is 0 Å². The monoisotopic (exact) mass is 210 g/mol. The first kappa shape index (κ1) is 12.2. The molecule has 0 bridgehead atoms. The van der Waals surface area contributed by atoms with Gasteiger partial charge in [0.25, 0.3) is 0 Å². The Hall–Kier alpha value is -0.860. The molecule has 86 valence electrons. The van der Waals surface area contributed by atoms with Crippen molar-refractivity contribution in [3.05, 3.63) is 0 Å². The maximum absolute atomic E-state index is 11.7. The number of carbonyl (C=O) groups is 1. The normalized spacial score (nSPS) is 16.8. The van der Waals surface area contributed by atoms with E-state index in [0.29, 0.717) is 18.4 Å². The molecule has 0 aliphatic carbocycles. The van der Waals surface area contributed by atoms with Crippen LogP contribution in [0.1, 0.15) is 53.4 Å². The SMILES string of the molecule is CCC(CC)N1N=C(CC(C)C)CC1=O. The third-order valence-corrected chi connectivity index (χ3v) is 2.79. The molecule has 0 aromatic rings. The van der Waals surface area contributed by atoms with E-state index < -0.39 is 0 Å². The number of hydrogen-bond donors (Lipinski definition) is 0. The van der Waals surface area contributed by atoms with Crippen molar-refractivity contribution >= 4 is 11.6 Å². The molecule has 0 atom stereocenters. The van der Waals surface area contributed by atoms with E-state index in [2.05, 4.69) is 32.8 Å². The Bertz CT molecular complexity index is 254. The Morgan fingerprint density at radius 3 is 2.40 bits per heavy atom. The number of rotatable bonds is 5. The minimum absolute atomic E-state index is 0.180. The smallest absolute Gasteiger partial charge is 0.248 e. The van der Waals surface area contributed by atoms with Crippen molar-refractivity contribution in [1.82, 2.24) is 5.01 Å². The summed E-state index contributed by atoms with van der Waals surface area (Å²) in [7, 11) is 0. The van der Waals surface area contributed by atoms with Crippen LogP contribution in [0.5, 0.6) is 0 Å². The van der Waals surface area contributed by atoms with Crippen LogP contribution in [0.3, 0.4) is 0 Å². The van der Waals surface area contributed by atoms with Crippen molar-refractivity contribution < 1.29 is 4.79 Å². The Kier molecular flexibility index (Phi) is 4.30. The summed E-state index contributed by atoms with van der Waals surface area (Å²) in [5.74, 6) is 0.762. The predicted octanol–water partition coefficient (Wildman–Crippen LogP) is 2.81. The number of hydrogen-bond acceptors (Lipinski definition) is 2. The summed E-state index contributed by atoms with van der Waals surface area (Å²) in [5.41, 5.74) is 1.06. The van der Waals surface area contributed by atoms with E-state index in [1.54, 1.807) is 5.01 Å². The third kappa shape index (κ3) is 3.05. The molecule has 15 heavy (non-hydrogen) atoms. The van der Waals surface area contributed by atoms with E-state index in [-0.39, 0.29) is 5.91 Å². The summed E-state index contributed by atoms with van der Waals surface area (Å²) < 4.78 is 0. The highest BCUT2D eigenvalue weighted by Crippen LogP contribution is 2.19. The van der Waals surface area contributed by atoms with Crippen molar-refractivity contribution in [3.8, 4) is 0 Å². The second-order valence-corrected chi connectivity index (χ2v) is 4.65. The lowest BCUT2D eigenvalue weighted by Crippen LogP contribution is -2.31. The van der Waals surface area contributed by atoms with Crippen LogP contribution in [0.15, 0.2) is 5.10 Å². The topological polar surface area (TPSA) is 32.7 Å². The molecule has 1 amide bonds. The molecule has 1 rings (SSSR count). The minimum atomic E-state index is 0.180. The number of nitrogens with zero attached hydrogens (tertiary/aromatic N) is 2. The van der Waals surface area contributed by atoms with Crippen LogP contribution < -0.4 is 0 Å². The molecule has 0 radical (unpaired) electrons. The molecule has 1 aliphatic rings. The van der Waals surface area contributed by atoms with E-state index in [1.807, 2.05) is 0 Å². The van der Waals surface area contributed by atoms with Gasteiger partial charge < -0.3 is 0 Å². The van der Waals surface area contributed by atoms with Crippen molar-refractivity contribution in [2.45, 2.75) is 59.4 Å². The van der Waals surface area contributed by atoms with Crippen molar-refractivity contribution in [2.75, 3.05) is 0 Å². The maximum Gasteiger partial charge on any atom is 0.248 e. The first-order chi connectivity index (χ1) is 7.08. The average molecular weight is 210 g/mol. The van der Waals surface area contributed by atoms with Gasteiger partial charge in [-0.3, -0.25) is 4.79 Å². The van der Waals surface area contributed by atoms with Gasteiger partial charge in [-0.1, -0.05) is 27.7 Å². The quantitative estimate of drug-likeness (QED) is 0.686. The van der Waals surface area contributed by atoms with Gasteiger partial charge in [-0.05, 0) is 25.2 Å². The first-order valence-corrected chi connectivity index (χ1v) is 5.96. The molecule has 0 fully saturated rings. The van der Waals surface area contributed by atoms with Gasteiger partial charge in [0.05, 0.1) is 12.5 Å². The largest absolute Gasteiger partial charge is 0.273 e. The van der Waals surface area contributed by atoms with Crippen molar-refractivity contribution in [3.63, 3.8) is 0 Å². The van der Waals surface area contributed by atoms with Crippen LogP contribution in [-0.2, 0) is 4.79 Å². The van der Waals surface area contributed by atoms with Gasteiger partial charge in [0.15, 0.2) is 0 Å². The molecule has 0 N–H and O–H groups in total. The molecule has 3 heteroatoms. The van der Waals surface area contributed by atoms with Crippen LogP contribution in [0, 0.1) is 5.92 Å². The lowest BCUT2D eigenvalue weighted by Gasteiger charge is -2.21. The van der Waals surface area contributed by atoms with E-state index >= 15 is 0 Å². The zero-order valence-electron chi connectivity index (χ0n) is 10.3. The Morgan fingerprint density at radius 2 is 1.93 bits per heavy atom. The van der Waals surface area contributed by atoms with Crippen LogP contribution in [0.4, 0.5) is 0 Å². The van der Waals surface area contributed by atoms with E-state index in [1.165, 1.54) is 0 Å². The highest BCUT2D eigenvalue weighted by atomic mass is 16.2.